The van der Waals surface area contributed by atoms with Crippen LogP contribution >= 0.6 is 0 Å². The van der Waals surface area contributed by atoms with E-state index >= 15 is 0 Å². The SMILES string of the molecule is CCn1c([C@@H]2NCCc3[nH]cnc32)nc2ccccc21. The Balaban J connectivity index is 1.91. The molecule has 1 aliphatic rings. The maximum Gasteiger partial charge on any atom is 0.133 e. The molecule has 0 aliphatic carbocycles. The summed E-state index contributed by atoms with van der Waals surface area (Å²) in [5.41, 5.74) is 4.55. The highest BCUT2D eigenvalue weighted by Crippen LogP contribution is 2.28. The highest BCUT2D eigenvalue weighted by molar-refractivity contribution is 5.76. The van der Waals surface area contributed by atoms with Gasteiger partial charge in [0.2, 0.25) is 0 Å². The van der Waals surface area contributed by atoms with Gasteiger partial charge in [0.05, 0.1) is 23.1 Å². The zero-order valence-electron chi connectivity index (χ0n) is 11.4. The molecule has 3 heterocycles. The summed E-state index contributed by atoms with van der Waals surface area (Å²) >= 11 is 0. The number of aromatic amines is 1. The number of imidazole rings is 2. The van der Waals surface area contributed by atoms with Crippen LogP contribution in [0.4, 0.5) is 0 Å². The van der Waals surface area contributed by atoms with Crippen LogP contribution in [0.2, 0.25) is 0 Å². The zero-order valence-corrected chi connectivity index (χ0v) is 11.4. The Kier molecular flexibility index (Phi) is 2.60. The maximum absolute atomic E-state index is 4.83. The Bertz CT molecular complexity index is 755. The highest BCUT2D eigenvalue weighted by atomic mass is 15.1. The van der Waals surface area contributed by atoms with Crippen LogP contribution in [0.3, 0.4) is 0 Å². The molecular formula is C15H17N5. The first-order valence-corrected chi connectivity index (χ1v) is 7.09. The minimum Gasteiger partial charge on any atom is -0.348 e. The van der Waals surface area contributed by atoms with Gasteiger partial charge >= 0.3 is 0 Å². The molecule has 2 N–H and O–H groups in total. The number of benzene rings is 1. The van der Waals surface area contributed by atoms with Gasteiger partial charge < -0.3 is 14.9 Å². The van der Waals surface area contributed by atoms with Crippen LogP contribution in [-0.2, 0) is 13.0 Å². The lowest BCUT2D eigenvalue weighted by Crippen LogP contribution is -2.32. The Morgan fingerprint density at radius 2 is 2.25 bits per heavy atom. The molecule has 0 bridgehead atoms. The van der Waals surface area contributed by atoms with Crippen molar-refractivity contribution in [2.75, 3.05) is 6.54 Å². The van der Waals surface area contributed by atoms with Crippen LogP contribution in [0.25, 0.3) is 11.0 Å². The van der Waals surface area contributed by atoms with Gasteiger partial charge in [0, 0.05) is 25.2 Å². The van der Waals surface area contributed by atoms with E-state index in [9.17, 15) is 0 Å². The van der Waals surface area contributed by atoms with Crippen LogP contribution in [0.5, 0.6) is 0 Å². The number of aromatic nitrogens is 4. The third-order valence-corrected chi connectivity index (χ3v) is 4.01. The van der Waals surface area contributed by atoms with E-state index in [1.54, 1.807) is 6.33 Å². The molecule has 0 amide bonds. The molecule has 20 heavy (non-hydrogen) atoms. The molecule has 0 saturated heterocycles. The first kappa shape index (κ1) is 11.7. The van der Waals surface area contributed by atoms with Gasteiger partial charge in [0.25, 0.3) is 0 Å². The van der Waals surface area contributed by atoms with Gasteiger partial charge in [-0.1, -0.05) is 12.1 Å². The second-order valence-electron chi connectivity index (χ2n) is 5.11. The molecule has 0 unspecified atom stereocenters. The van der Waals surface area contributed by atoms with Gasteiger partial charge in [0.15, 0.2) is 0 Å². The number of hydrogen-bond donors (Lipinski definition) is 2. The zero-order chi connectivity index (χ0) is 13.5. The summed E-state index contributed by atoms with van der Waals surface area (Å²) < 4.78 is 2.27. The lowest BCUT2D eigenvalue weighted by molar-refractivity contribution is 0.511. The minimum absolute atomic E-state index is 0.0809. The molecule has 2 aromatic heterocycles. The summed E-state index contributed by atoms with van der Waals surface area (Å²) in [6.45, 7) is 4.02. The molecule has 1 aromatic carbocycles. The van der Waals surface area contributed by atoms with Crippen LogP contribution < -0.4 is 5.32 Å². The monoisotopic (exact) mass is 267 g/mol. The minimum atomic E-state index is 0.0809. The quantitative estimate of drug-likeness (QED) is 0.746. The standard InChI is InChI=1S/C15H17N5/c1-2-20-12-6-4-3-5-10(12)19-15(20)14-13-11(7-8-16-14)17-9-18-13/h3-6,9,14,16H,2,7-8H2,1H3,(H,17,18)/t14-/m1/s1. The van der Waals surface area contributed by atoms with Crippen molar-refractivity contribution >= 4 is 11.0 Å². The van der Waals surface area contributed by atoms with E-state index in [-0.39, 0.29) is 6.04 Å². The molecule has 102 valence electrons. The Labute approximate surface area is 117 Å². The fourth-order valence-corrected chi connectivity index (χ4v) is 3.08. The van der Waals surface area contributed by atoms with Crippen molar-refractivity contribution in [1.82, 2.24) is 24.8 Å². The Hall–Kier alpha value is -2.14. The molecule has 0 saturated carbocycles. The summed E-state index contributed by atoms with van der Waals surface area (Å²) in [7, 11) is 0. The number of hydrogen-bond acceptors (Lipinski definition) is 3. The second kappa shape index (κ2) is 4.45. The third kappa shape index (κ3) is 1.59. The first-order valence-electron chi connectivity index (χ1n) is 7.09. The van der Waals surface area contributed by atoms with E-state index in [1.807, 2.05) is 6.07 Å². The van der Waals surface area contributed by atoms with Crippen molar-refractivity contribution in [3.05, 3.63) is 47.8 Å². The van der Waals surface area contributed by atoms with E-state index in [1.165, 1.54) is 11.2 Å². The number of nitrogens with one attached hydrogen (secondary N) is 2. The molecular weight excluding hydrogens is 250 g/mol. The summed E-state index contributed by atoms with van der Waals surface area (Å²) in [4.78, 5) is 12.6. The Morgan fingerprint density at radius 1 is 1.35 bits per heavy atom. The first-order chi connectivity index (χ1) is 9.88. The van der Waals surface area contributed by atoms with Gasteiger partial charge in [-0.2, -0.15) is 0 Å². The summed E-state index contributed by atoms with van der Waals surface area (Å²) in [5.74, 6) is 1.06. The molecule has 4 rings (SSSR count). The lowest BCUT2D eigenvalue weighted by atomic mass is 10.1. The lowest BCUT2D eigenvalue weighted by Gasteiger charge is -2.23. The second-order valence-corrected chi connectivity index (χ2v) is 5.11. The number of para-hydroxylation sites is 2. The van der Waals surface area contributed by atoms with Gasteiger partial charge in [0.1, 0.15) is 11.9 Å². The topological polar surface area (TPSA) is 58.5 Å². The third-order valence-electron chi connectivity index (χ3n) is 4.01. The van der Waals surface area contributed by atoms with Crippen molar-refractivity contribution in [1.29, 1.82) is 0 Å². The predicted molar refractivity (Wildman–Crippen MR) is 77.5 cm³/mol. The molecule has 0 spiro atoms. The average Bonchev–Trinajstić information content (AvgIpc) is 3.10. The van der Waals surface area contributed by atoms with Crippen LogP contribution in [0.15, 0.2) is 30.6 Å². The van der Waals surface area contributed by atoms with Crippen molar-refractivity contribution in [3.63, 3.8) is 0 Å². The normalized spacial score (nSPS) is 18.4. The van der Waals surface area contributed by atoms with Crippen LogP contribution in [-0.4, -0.2) is 26.1 Å². The molecule has 0 fully saturated rings. The molecule has 3 aromatic rings. The summed E-state index contributed by atoms with van der Waals surface area (Å²) in [5, 5.41) is 3.55. The Morgan fingerprint density at radius 3 is 3.15 bits per heavy atom. The maximum atomic E-state index is 4.83. The number of H-pyrrole nitrogens is 1. The number of fused-ring (bicyclic) bond motifs is 2. The molecule has 5 heteroatoms. The fraction of sp³-hybridized carbons (Fsp3) is 0.333. The van der Waals surface area contributed by atoms with E-state index in [4.69, 9.17) is 4.98 Å². The molecule has 1 aliphatic heterocycles. The fourth-order valence-electron chi connectivity index (χ4n) is 3.08. The molecule has 1 atom stereocenters. The van der Waals surface area contributed by atoms with Crippen molar-refractivity contribution in [2.24, 2.45) is 0 Å². The molecule has 0 radical (unpaired) electrons. The van der Waals surface area contributed by atoms with Crippen molar-refractivity contribution in [2.45, 2.75) is 25.9 Å². The predicted octanol–water partition coefficient (Wildman–Crippen LogP) is 2.01. The van der Waals surface area contributed by atoms with E-state index in [0.717, 1.165) is 36.5 Å². The summed E-state index contributed by atoms with van der Waals surface area (Å²) in [6.07, 6.45) is 2.78. The van der Waals surface area contributed by atoms with Crippen molar-refractivity contribution < 1.29 is 0 Å². The average molecular weight is 267 g/mol. The number of aryl methyl sites for hydroxylation is 1. The van der Waals surface area contributed by atoms with Crippen LogP contribution in [0.1, 0.15) is 30.2 Å². The highest BCUT2D eigenvalue weighted by Gasteiger charge is 2.28. The smallest absolute Gasteiger partial charge is 0.133 e. The van der Waals surface area contributed by atoms with E-state index < -0.39 is 0 Å². The van der Waals surface area contributed by atoms with E-state index in [0.29, 0.717) is 0 Å². The van der Waals surface area contributed by atoms with Crippen molar-refractivity contribution in [3.8, 4) is 0 Å². The molecule has 5 nitrogen and oxygen atoms in total. The van der Waals surface area contributed by atoms with E-state index in [2.05, 4.69) is 45.0 Å². The largest absolute Gasteiger partial charge is 0.348 e. The van der Waals surface area contributed by atoms with Gasteiger partial charge in [-0.15, -0.1) is 0 Å². The van der Waals surface area contributed by atoms with Gasteiger partial charge in [-0.25, -0.2) is 9.97 Å². The number of rotatable bonds is 2. The van der Waals surface area contributed by atoms with Gasteiger partial charge in [-0.05, 0) is 19.1 Å². The number of nitrogens with zero attached hydrogens (tertiary/aromatic N) is 3. The van der Waals surface area contributed by atoms with Crippen LogP contribution in [0, 0.1) is 0 Å². The van der Waals surface area contributed by atoms with Gasteiger partial charge in [-0.3, -0.25) is 0 Å². The summed E-state index contributed by atoms with van der Waals surface area (Å²) in [6, 6.07) is 8.38.